The Kier molecular flexibility index (Phi) is 7.03. The first-order valence-corrected chi connectivity index (χ1v) is 10.4. The summed E-state index contributed by atoms with van der Waals surface area (Å²) in [7, 11) is 0. The van der Waals surface area contributed by atoms with Crippen LogP contribution >= 0.6 is 23.4 Å². The van der Waals surface area contributed by atoms with E-state index in [0.29, 0.717) is 16.3 Å². The monoisotopic (exact) mass is 444 g/mol. The number of carbonyl (C=O) groups excluding carboxylic acids is 1. The normalized spacial score (nSPS) is 16.1. The predicted octanol–water partition coefficient (Wildman–Crippen LogP) is 4.90. The zero-order valence-corrected chi connectivity index (χ0v) is 17.6. The fourth-order valence-electron chi connectivity index (χ4n) is 3.03. The number of hydrogen-bond acceptors (Lipinski definition) is 6. The number of nitriles is 1. The number of esters is 1. The Bertz CT molecular complexity index is 1040. The molecule has 2 N–H and O–H groups in total. The Balaban J connectivity index is 2.05. The quantitative estimate of drug-likeness (QED) is 0.504. The molecule has 8 heteroatoms. The summed E-state index contributed by atoms with van der Waals surface area (Å²) in [6.45, 7) is 1.84. The second-order valence-electron chi connectivity index (χ2n) is 6.28. The van der Waals surface area contributed by atoms with E-state index in [1.54, 1.807) is 19.1 Å². The third-order valence-electron chi connectivity index (χ3n) is 4.38. The van der Waals surface area contributed by atoms with Gasteiger partial charge in [0.1, 0.15) is 23.2 Å². The van der Waals surface area contributed by atoms with Crippen LogP contribution < -0.4 is 5.73 Å². The summed E-state index contributed by atoms with van der Waals surface area (Å²) in [5.74, 6) is -1.39. The van der Waals surface area contributed by atoms with Crippen molar-refractivity contribution in [1.82, 2.24) is 0 Å². The molecule has 1 aliphatic rings. The second kappa shape index (κ2) is 9.70. The number of allylic oxidation sites excluding steroid dienone is 1. The van der Waals surface area contributed by atoms with Gasteiger partial charge in [-0.05, 0) is 48.9 Å². The Morgan fingerprint density at radius 3 is 2.53 bits per heavy atom. The zero-order valence-electron chi connectivity index (χ0n) is 16.0. The Morgan fingerprint density at radius 2 is 1.93 bits per heavy atom. The molecule has 0 fully saturated rings. The average molecular weight is 445 g/mol. The second-order valence-corrected chi connectivity index (χ2v) is 7.76. The molecule has 1 aliphatic heterocycles. The highest BCUT2D eigenvalue weighted by Crippen LogP contribution is 2.41. The van der Waals surface area contributed by atoms with Gasteiger partial charge in [0, 0.05) is 9.92 Å². The lowest BCUT2D eigenvalue weighted by Crippen LogP contribution is -2.27. The summed E-state index contributed by atoms with van der Waals surface area (Å²) >= 11 is 7.34. The van der Waals surface area contributed by atoms with Crippen molar-refractivity contribution in [1.29, 1.82) is 5.26 Å². The van der Waals surface area contributed by atoms with Crippen molar-refractivity contribution in [3.05, 3.63) is 87.7 Å². The maximum atomic E-state index is 13.5. The number of benzene rings is 2. The summed E-state index contributed by atoms with van der Waals surface area (Å²) in [5.41, 5.74) is 6.80. The van der Waals surface area contributed by atoms with Gasteiger partial charge in [-0.25, -0.2) is 9.18 Å². The minimum absolute atomic E-state index is 0.0740. The number of ether oxygens (including phenoxy) is 2. The van der Waals surface area contributed by atoms with Crippen LogP contribution in [0, 0.1) is 17.1 Å². The number of carbonyl (C=O) groups is 1. The molecule has 1 heterocycles. The first-order valence-electron chi connectivity index (χ1n) is 9.06. The number of hydrogen-bond donors (Lipinski definition) is 1. The molecule has 0 radical (unpaired) electrons. The van der Waals surface area contributed by atoms with Gasteiger partial charge in [-0.2, -0.15) is 5.26 Å². The minimum atomic E-state index is -0.816. The lowest BCUT2D eigenvalue weighted by atomic mass is 9.83. The highest BCUT2D eigenvalue weighted by molar-refractivity contribution is 7.99. The highest BCUT2D eigenvalue weighted by Gasteiger charge is 2.37. The summed E-state index contributed by atoms with van der Waals surface area (Å²) in [6.07, 6.45) is 0. The van der Waals surface area contributed by atoms with Gasteiger partial charge in [-0.15, -0.1) is 11.8 Å². The molecule has 0 spiro atoms. The third kappa shape index (κ3) is 4.78. The van der Waals surface area contributed by atoms with Gasteiger partial charge < -0.3 is 15.2 Å². The Hall–Kier alpha value is -2.95. The van der Waals surface area contributed by atoms with Crippen molar-refractivity contribution in [2.45, 2.75) is 17.7 Å². The van der Waals surface area contributed by atoms with Gasteiger partial charge in [0.2, 0.25) is 5.88 Å². The summed E-state index contributed by atoms with van der Waals surface area (Å²) in [4.78, 5) is 13.8. The molecule has 1 atom stereocenters. The standard InChI is InChI=1S/C22H18ClFN2O3S/c1-2-28-22(27)20-18(12-30-16-9-5-14(23)6-10-16)29-21(26)17(11-25)19(20)13-3-7-15(24)8-4-13/h3-10,19H,2,12,26H2,1H3/t19-/m1/s1. The number of nitrogens with zero attached hydrogens (tertiary/aromatic N) is 1. The molecule has 0 unspecified atom stereocenters. The summed E-state index contributed by atoms with van der Waals surface area (Å²) in [6, 6.07) is 14.8. The van der Waals surface area contributed by atoms with Crippen molar-refractivity contribution in [3.63, 3.8) is 0 Å². The van der Waals surface area contributed by atoms with Crippen LogP contribution in [-0.4, -0.2) is 18.3 Å². The van der Waals surface area contributed by atoms with E-state index in [1.807, 2.05) is 18.2 Å². The summed E-state index contributed by atoms with van der Waals surface area (Å²) in [5, 5.41) is 10.3. The SMILES string of the molecule is CCOC(=O)C1=C(CSc2ccc(Cl)cc2)OC(N)=C(C#N)[C@H]1c1ccc(F)cc1. The number of halogens is 2. The van der Waals surface area contributed by atoms with Crippen LogP contribution in [0.25, 0.3) is 0 Å². The minimum Gasteiger partial charge on any atom is -0.463 e. The molecular weight excluding hydrogens is 427 g/mol. The lowest BCUT2D eigenvalue weighted by molar-refractivity contribution is -0.139. The van der Waals surface area contributed by atoms with Gasteiger partial charge >= 0.3 is 5.97 Å². The molecule has 0 aromatic heterocycles. The largest absolute Gasteiger partial charge is 0.463 e. The topological polar surface area (TPSA) is 85.3 Å². The number of nitrogens with two attached hydrogens (primary N) is 1. The fraction of sp³-hybridized carbons (Fsp3) is 0.182. The molecule has 0 amide bonds. The van der Waals surface area contributed by atoms with Crippen LogP contribution in [0.15, 0.2) is 76.2 Å². The molecule has 30 heavy (non-hydrogen) atoms. The van der Waals surface area contributed by atoms with Crippen molar-refractivity contribution in [2.75, 3.05) is 12.4 Å². The van der Waals surface area contributed by atoms with Crippen molar-refractivity contribution in [2.24, 2.45) is 5.73 Å². The van der Waals surface area contributed by atoms with Crippen LogP contribution in [0.5, 0.6) is 0 Å². The van der Waals surface area contributed by atoms with Crippen LogP contribution in [-0.2, 0) is 14.3 Å². The Morgan fingerprint density at radius 1 is 1.27 bits per heavy atom. The van der Waals surface area contributed by atoms with Gasteiger partial charge in [-0.1, -0.05) is 23.7 Å². The summed E-state index contributed by atoms with van der Waals surface area (Å²) < 4.78 is 24.4. The van der Waals surface area contributed by atoms with Gasteiger partial charge in [0.05, 0.1) is 23.9 Å². The van der Waals surface area contributed by atoms with E-state index in [9.17, 15) is 14.4 Å². The van der Waals surface area contributed by atoms with Crippen molar-refractivity contribution < 1.29 is 18.7 Å². The van der Waals surface area contributed by atoms with E-state index in [4.69, 9.17) is 26.8 Å². The van der Waals surface area contributed by atoms with Gasteiger partial charge in [-0.3, -0.25) is 0 Å². The first-order chi connectivity index (χ1) is 14.4. The third-order valence-corrected chi connectivity index (χ3v) is 5.64. The van der Waals surface area contributed by atoms with Crippen LogP contribution in [0.1, 0.15) is 18.4 Å². The van der Waals surface area contributed by atoms with E-state index in [0.717, 1.165) is 4.90 Å². The smallest absolute Gasteiger partial charge is 0.338 e. The lowest BCUT2D eigenvalue weighted by Gasteiger charge is -2.28. The first kappa shape index (κ1) is 21.8. The van der Waals surface area contributed by atoms with E-state index < -0.39 is 17.7 Å². The van der Waals surface area contributed by atoms with Crippen LogP contribution in [0.4, 0.5) is 4.39 Å². The molecular formula is C22H18ClFN2O3S. The molecule has 2 aromatic carbocycles. The predicted molar refractivity (Wildman–Crippen MR) is 113 cm³/mol. The van der Waals surface area contributed by atoms with E-state index in [1.165, 1.54) is 36.0 Å². The molecule has 3 rings (SSSR count). The molecule has 2 aromatic rings. The van der Waals surface area contributed by atoms with Crippen molar-refractivity contribution >= 4 is 29.3 Å². The molecule has 154 valence electrons. The maximum absolute atomic E-state index is 13.5. The van der Waals surface area contributed by atoms with Gasteiger partial charge in [0.25, 0.3) is 0 Å². The number of rotatable bonds is 6. The zero-order chi connectivity index (χ0) is 21.7. The Labute approximate surface area is 182 Å². The van der Waals surface area contributed by atoms with Crippen molar-refractivity contribution in [3.8, 4) is 6.07 Å². The average Bonchev–Trinajstić information content (AvgIpc) is 2.73. The molecule has 0 aliphatic carbocycles. The highest BCUT2D eigenvalue weighted by atomic mass is 35.5. The van der Waals surface area contributed by atoms with E-state index >= 15 is 0 Å². The molecule has 0 saturated heterocycles. The molecule has 5 nitrogen and oxygen atoms in total. The van der Waals surface area contributed by atoms with Gasteiger partial charge in [0.15, 0.2) is 0 Å². The molecule has 0 bridgehead atoms. The van der Waals surface area contributed by atoms with E-state index in [-0.39, 0.29) is 29.4 Å². The maximum Gasteiger partial charge on any atom is 0.338 e. The van der Waals surface area contributed by atoms with Crippen LogP contribution in [0.3, 0.4) is 0 Å². The van der Waals surface area contributed by atoms with Crippen LogP contribution in [0.2, 0.25) is 5.02 Å². The molecule has 0 saturated carbocycles. The fourth-order valence-corrected chi connectivity index (χ4v) is 3.99. The van der Waals surface area contributed by atoms with E-state index in [2.05, 4.69) is 0 Å². The number of thioether (sulfide) groups is 1.